The molecule has 0 aromatic heterocycles. The minimum absolute atomic E-state index is 0.185. The molecule has 0 fully saturated rings. The zero-order chi connectivity index (χ0) is 9.68. The third kappa shape index (κ3) is 3.51. The van der Waals surface area contributed by atoms with Gasteiger partial charge in [0.25, 0.3) is 0 Å². The van der Waals surface area contributed by atoms with Crippen LogP contribution in [-0.2, 0) is 8.98 Å². The van der Waals surface area contributed by atoms with Gasteiger partial charge in [-0.15, -0.1) is 0 Å². The molecule has 0 saturated carbocycles. The first-order chi connectivity index (χ1) is 6.20. The first-order valence-electron chi connectivity index (χ1n) is 4.09. The molecule has 0 amide bonds. The van der Waals surface area contributed by atoms with Crippen LogP contribution in [0.4, 0.5) is 0 Å². The smallest absolute Gasteiger partial charge is 0.314 e. The van der Waals surface area contributed by atoms with Gasteiger partial charge in [0.2, 0.25) is 0 Å². The Morgan fingerprint density at radius 1 is 1.38 bits per heavy atom. The monoisotopic (exact) mass is 196 g/mol. The van der Waals surface area contributed by atoms with Crippen molar-refractivity contribution < 1.29 is 8.98 Å². The largest absolute Gasteiger partial charge is 0.391 e. The van der Waals surface area contributed by atoms with Crippen LogP contribution in [0.25, 0.3) is 0 Å². The molecule has 13 heavy (non-hydrogen) atoms. The number of benzene rings is 1. The number of hydrogen-bond donors (Lipinski definition) is 0. The maximum atomic E-state index is 10.5. The molecule has 1 aromatic rings. The van der Waals surface area contributed by atoms with Crippen molar-refractivity contribution in [2.24, 2.45) is 0 Å². The van der Waals surface area contributed by atoms with Gasteiger partial charge in [-0.3, -0.25) is 4.79 Å². The van der Waals surface area contributed by atoms with Crippen molar-refractivity contribution in [3.8, 4) is 0 Å². The minimum Gasteiger partial charge on any atom is -0.391 e. The van der Waals surface area contributed by atoms with Crippen LogP contribution >= 0.6 is 12.0 Å². The molecule has 3 heteroatoms. The molecule has 2 nitrogen and oxygen atoms in total. The fraction of sp³-hybridized carbons (Fsp3) is 0.300. The molecule has 0 N–H and O–H groups in total. The van der Waals surface area contributed by atoms with Gasteiger partial charge >= 0.3 is 5.97 Å². The molecule has 0 aliphatic carbocycles. The highest BCUT2D eigenvalue weighted by Crippen LogP contribution is 2.28. The van der Waals surface area contributed by atoms with E-state index in [0.717, 1.165) is 5.56 Å². The van der Waals surface area contributed by atoms with E-state index in [-0.39, 0.29) is 11.2 Å². The second kappa shape index (κ2) is 4.92. The van der Waals surface area contributed by atoms with E-state index in [4.69, 9.17) is 4.18 Å². The Balaban J connectivity index is 2.49. The molecule has 1 rings (SSSR count). The summed E-state index contributed by atoms with van der Waals surface area (Å²) in [5.41, 5.74) is 1.16. The molecule has 0 aliphatic rings. The van der Waals surface area contributed by atoms with E-state index in [1.807, 2.05) is 37.3 Å². The van der Waals surface area contributed by atoms with E-state index in [9.17, 15) is 4.79 Å². The van der Waals surface area contributed by atoms with E-state index in [1.54, 1.807) is 0 Å². The number of carbonyl (C=O) groups is 1. The van der Waals surface area contributed by atoms with E-state index < -0.39 is 0 Å². The second-order valence-electron chi connectivity index (χ2n) is 2.72. The molecular formula is C10H12O2S. The molecule has 1 unspecified atom stereocenters. The van der Waals surface area contributed by atoms with Crippen molar-refractivity contribution in [1.29, 1.82) is 0 Å². The van der Waals surface area contributed by atoms with Gasteiger partial charge in [-0.1, -0.05) is 30.3 Å². The number of hydrogen-bond acceptors (Lipinski definition) is 3. The quantitative estimate of drug-likeness (QED) is 0.695. The van der Waals surface area contributed by atoms with Crippen molar-refractivity contribution in [2.75, 3.05) is 0 Å². The predicted octanol–water partition coefficient (Wildman–Crippen LogP) is 2.96. The zero-order valence-corrected chi connectivity index (χ0v) is 8.51. The average molecular weight is 196 g/mol. The Kier molecular flexibility index (Phi) is 3.83. The molecule has 0 radical (unpaired) electrons. The second-order valence-corrected chi connectivity index (χ2v) is 3.79. The van der Waals surface area contributed by atoms with Crippen molar-refractivity contribution >= 4 is 18.0 Å². The molecule has 0 aliphatic heterocycles. The van der Waals surface area contributed by atoms with Gasteiger partial charge in [-0.2, -0.15) is 0 Å². The van der Waals surface area contributed by atoms with Crippen molar-refractivity contribution in [2.45, 2.75) is 19.1 Å². The summed E-state index contributed by atoms with van der Waals surface area (Å²) in [6, 6.07) is 9.94. The molecule has 1 atom stereocenters. The lowest BCUT2D eigenvalue weighted by molar-refractivity contribution is -0.130. The first-order valence-corrected chi connectivity index (χ1v) is 4.89. The van der Waals surface area contributed by atoms with E-state index in [2.05, 4.69) is 0 Å². The van der Waals surface area contributed by atoms with Crippen LogP contribution in [-0.4, -0.2) is 5.97 Å². The molecule has 0 saturated heterocycles. The van der Waals surface area contributed by atoms with Crippen LogP contribution in [0.2, 0.25) is 0 Å². The molecule has 0 heterocycles. The van der Waals surface area contributed by atoms with Crippen molar-refractivity contribution in [3.05, 3.63) is 35.9 Å². The third-order valence-corrected chi connectivity index (χ3v) is 2.47. The van der Waals surface area contributed by atoms with Crippen LogP contribution in [0.5, 0.6) is 0 Å². The summed E-state index contributed by atoms with van der Waals surface area (Å²) in [4.78, 5) is 10.5. The summed E-state index contributed by atoms with van der Waals surface area (Å²) in [6.07, 6.45) is 0. The van der Waals surface area contributed by atoms with Crippen LogP contribution < -0.4 is 0 Å². The summed E-state index contributed by atoms with van der Waals surface area (Å²) in [5, 5.41) is 0.185. The number of carbonyl (C=O) groups excluding carboxylic acids is 1. The maximum absolute atomic E-state index is 10.5. The molecule has 0 spiro atoms. The van der Waals surface area contributed by atoms with Gasteiger partial charge in [-0.25, -0.2) is 0 Å². The summed E-state index contributed by atoms with van der Waals surface area (Å²) in [5.74, 6) is -0.257. The standard InChI is InChI=1S/C10H12O2S/c1-8(13-12-9(2)11)10-6-4-3-5-7-10/h3-8H,1-2H3. The summed E-state index contributed by atoms with van der Waals surface area (Å²) >= 11 is 1.19. The summed E-state index contributed by atoms with van der Waals surface area (Å²) < 4.78 is 4.84. The normalized spacial score (nSPS) is 12.2. The molecule has 70 valence electrons. The lowest BCUT2D eigenvalue weighted by Crippen LogP contribution is -1.94. The lowest BCUT2D eigenvalue weighted by Gasteiger charge is -2.08. The van der Waals surface area contributed by atoms with Gasteiger partial charge in [0.1, 0.15) is 0 Å². The maximum Gasteiger partial charge on any atom is 0.314 e. The van der Waals surface area contributed by atoms with Gasteiger partial charge < -0.3 is 4.18 Å². The average Bonchev–Trinajstić information content (AvgIpc) is 2.15. The van der Waals surface area contributed by atoms with Crippen LogP contribution in [0.1, 0.15) is 24.7 Å². The molecule has 1 aromatic carbocycles. The fourth-order valence-corrected chi connectivity index (χ4v) is 1.47. The summed E-state index contributed by atoms with van der Waals surface area (Å²) in [7, 11) is 0. The van der Waals surface area contributed by atoms with E-state index >= 15 is 0 Å². The van der Waals surface area contributed by atoms with E-state index in [1.165, 1.54) is 19.0 Å². The Hall–Kier alpha value is -0.960. The zero-order valence-electron chi connectivity index (χ0n) is 7.69. The number of rotatable bonds is 3. The van der Waals surface area contributed by atoms with Crippen molar-refractivity contribution in [1.82, 2.24) is 0 Å². The Bertz CT molecular complexity index is 272. The van der Waals surface area contributed by atoms with Gasteiger partial charge in [-0.05, 0) is 12.5 Å². The lowest BCUT2D eigenvalue weighted by atomic mass is 10.2. The highest BCUT2D eigenvalue weighted by Gasteiger charge is 2.07. The van der Waals surface area contributed by atoms with Gasteiger partial charge in [0, 0.05) is 6.92 Å². The highest BCUT2D eigenvalue weighted by atomic mass is 32.2. The van der Waals surface area contributed by atoms with Gasteiger partial charge in [0.15, 0.2) is 0 Å². The minimum atomic E-state index is -0.257. The fourth-order valence-electron chi connectivity index (χ4n) is 0.920. The SMILES string of the molecule is CC(=O)OSC(C)c1ccccc1. The van der Waals surface area contributed by atoms with Crippen molar-refractivity contribution in [3.63, 3.8) is 0 Å². The van der Waals surface area contributed by atoms with Crippen LogP contribution in [0.15, 0.2) is 30.3 Å². The highest BCUT2D eigenvalue weighted by molar-refractivity contribution is 7.95. The van der Waals surface area contributed by atoms with Crippen LogP contribution in [0, 0.1) is 0 Å². The topological polar surface area (TPSA) is 26.3 Å². The van der Waals surface area contributed by atoms with Crippen LogP contribution in [0.3, 0.4) is 0 Å². The molecule has 0 bridgehead atoms. The Labute approximate surface area is 82.5 Å². The Morgan fingerprint density at radius 3 is 2.54 bits per heavy atom. The summed E-state index contributed by atoms with van der Waals surface area (Å²) in [6.45, 7) is 3.41. The predicted molar refractivity (Wildman–Crippen MR) is 54.2 cm³/mol. The third-order valence-electron chi connectivity index (χ3n) is 1.58. The van der Waals surface area contributed by atoms with E-state index in [0.29, 0.717) is 0 Å². The Morgan fingerprint density at radius 2 is 2.00 bits per heavy atom. The molecular weight excluding hydrogens is 184 g/mol. The first kappa shape index (κ1) is 10.1. The van der Waals surface area contributed by atoms with Gasteiger partial charge in [0.05, 0.1) is 17.3 Å².